The van der Waals surface area contributed by atoms with Crippen LogP contribution in [0.15, 0.2) is 66.1 Å². The Morgan fingerprint density at radius 3 is 2.41 bits per heavy atom. The van der Waals surface area contributed by atoms with Crippen LogP contribution in [0.25, 0.3) is 0 Å². The third-order valence-electron chi connectivity index (χ3n) is 4.67. The summed E-state index contributed by atoms with van der Waals surface area (Å²) in [6.45, 7) is 11.0. The minimum Gasteiger partial charge on any atom is -0.348 e. The third kappa shape index (κ3) is 6.52. The minimum absolute atomic E-state index is 0.0499. The second-order valence-electron chi connectivity index (χ2n) is 6.58. The van der Waals surface area contributed by atoms with Crippen LogP contribution in [0.5, 0.6) is 0 Å². The zero-order chi connectivity index (χ0) is 21.3. The van der Waals surface area contributed by atoms with Crippen molar-refractivity contribution in [1.29, 1.82) is 0 Å². The van der Waals surface area contributed by atoms with E-state index in [4.69, 9.17) is 0 Å². The van der Waals surface area contributed by atoms with Crippen LogP contribution in [-0.4, -0.2) is 38.9 Å². The second-order valence-corrected chi connectivity index (χ2v) is 8.35. The van der Waals surface area contributed by atoms with Crippen LogP contribution in [-0.2, 0) is 23.1 Å². The number of sulfonamides is 1. The van der Waals surface area contributed by atoms with Gasteiger partial charge in [-0.05, 0) is 42.4 Å². The second kappa shape index (κ2) is 10.9. The molecule has 0 spiro atoms. The Labute approximate surface area is 173 Å². The van der Waals surface area contributed by atoms with Gasteiger partial charge in [0, 0.05) is 25.2 Å². The molecule has 156 valence electrons. The number of amides is 1. The molecule has 0 unspecified atom stereocenters. The lowest BCUT2D eigenvalue weighted by Gasteiger charge is -2.20. The van der Waals surface area contributed by atoms with Crippen LogP contribution in [0.3, 0.4) is 0 Å². The minimum atomic E-state index is -3.68. The fourth-order valence-electron chi connectivity index (χ4n) is 2.91. The van der Waals surface area contributed by atoms with Gasteiger partial charge in [0.05, 0.1) is 4.90 Å². The molecule has 0 aliphatic rings. The molecule has 2 N–H and O–H groups in total. The van der Waals surface area contributed by atoms with Crippen molar-refractivity contribution in [2.45, 2.75) is 31.8 Å². The highest BCUT2D eigenvalue weighted by molar-refractivity contribution is 7.89. The Hall–Kier alpha value is -2.48. The van der Waals surface area contributed by atoms with E-state index in [1.165, 1.54) is 23.8 Å². The van der Waals surface area contributed by atoms with Crippen molar-refractivity contribution in [3.05, 3.63) is 77.9 Å². The number of benzene rings is 2. The van der Waals surface area contributed by atoms with Gasteiger partial charge in [-0.1, -0.05) is 50.3 Å². The highest BCUT2D eigenvalue weighted by atomic mass is 32.2. The number of hydrogen-bond donors (Lipinski definition) is 2. The zero-order valence-electron chi connectivity index (χ0n) is 17.0. The van der Waals surface area contributed by atoms with Gasteiger partial charge in [0.2, 0.25) is 10.0 Å². The highest BCUT2D eigenvalue weighted by Crippen LogP contribution is 2.14. The summed E-state index contributed by atoms with van der Waals surface area (Å²) in [6.07, 6.45) is 1.46. The topological polar surface area (TPSA) is 78.5 Å². The first-order chi connectivity index (χ1) is 13.9. The molecule has 0 atom stereocenters. The van der Waals surface area contributed by atoms with E-state index in [1.54, 1.807) is 12.1 Å². The molecule has 0 bridgehead atoms. The maximum Gasteiger partial charge on any atom is 0.251 e. The van der Waals surface area contributed by atoms with Gasteiger partial charge in [0.15, 0.2) is 0 Å². The number of carbonyl (C=O) groups excluding carboxylic acids is 1. The molecular weight excluding hydrogens is 386 g/mol. The molecule has 0 heterocycles. The van der Waals surface area contributed by atoms with Crippen molar-refractivity contribution < 1.29 is 13.2 Å². The van der Waals surface area contributed by atoms with Gasteiger partial charge in [0.1, 0.15) is 0 Å². The molecule has 0 saturated heterocycles. The van der Waals surface area contributed by atoms with E-state index < -0.39 is 10.0 Å². The Morgan fingerprint density at radius 2 is 1.76 bits per heavy atom. The van der Waals surface area contributed by atoms with Crippen molar-refractivity contribution in [2.24, 2.45) is 0 Å². The number of rotatable bonds is 11. The predicted molar refractivity (Wildman–Crippen MR) is 116 cm³/mol. The van der Waals surface area contributed by atoms with Crippen LogP contribution < -0.4 is 10.0 Å². The summed E-state index contributed by atoms with van der Waals surface area (Å²) in [7, 11) is -3.68. The smallest absolute Gasteiger partial charge is 0.251 e. The monoisotopic (exact) mass is 415 g/mol. The largest absolute Gasteiger partial charge is 0.348 e. The van der Waals surface area contributed by atoms with E-state index in [0.29, 0.717) is 12.1 Å². The van der Waals surface area contributed by atoms with E-state index in [2.05, 4.69) is 41.4 Å². The average Bonchev–Trinajstić information content (AvgIpc) is 2.75. The Kier molecular flexibility index (Phi) is 8.57. The van der Waals surface area contributed by atoms with Gasteiger partial charge in [-0.25, -0.2) is 13.1 Å². The molecule has 2 aromatic rings. The lowest BCUT2D eigenvalue weighted by atomic mass is 10.1. The van der Waals surface area contributed by atoms with Crippen LogP contribution in [0.2, 0.25) is 0 Å². The molecule has 0 fully saturated rings. The van der Waals surface area contributed by atoms with Gasteiger partial charge in [0.25, 0.3) is 5.91 Å². The van der Waals surface area contributed by atoms with E-state index in [0.717, 1.165) is 25.2 Å². The van der Waals surface area contributed by atoms with Crippen LogP contribution in [0.1, 0.15) is 35.3 Å². The lowest BCUT2D eigenvalue weighted by Crippen LogP contribution is -2.27. The van der Waals surface area contributed by atoms with E-state index in [9.17, 15) is 13.2 Å². The number of nitrogens with one attached hydrogen (secondary N) is 2. The number of nitrogens with zero attached hydrogens (tertiary/aromatic N) is 1. The fourth-order valence-corrected chi connectivity index (χ4v) is 3.95. The maximum atomic E-state index is 12.6. The van der Waals surface area contributed by atoms with Gasteiger partial charge in [-0.3, -0.25) is 9.69 Å². The van der Waals surface area contributed by atoms with Crippen molar-refractivity contribution >= 4 is 15.9 Å². The highest BCUT2D eigenvalue weighted by Gasteiger charge is 2.15. The van der Waals surface area contributed by atoms with Crippen molar-refractivity contribution in [3.8, 4) is 0 Å². The lowest BCUT2D eigenvalue weighted by molar-refractivity contribution is 0.0950. The molecule has 2 rings (SSSR count). The summed E-state index contributed by atoms with van der Waals surface area (Å²) in [5.41, 5.74) is 2.51. The summed E-state index contributed by atoms with van der Waals surface area (Å²) in [4.78, 5) is 15.0. The van der Waals surface area contributed by atoms with Gasteiger partial charge >= 0.3 is 0 Å². The van der Waals surface area contributed by atoms with E-state index >= 15 is 0 Å². The number of hydrogen-bond acceptors (Lipinski definition) is 4. The molecule has 1 amide bonds. The molecule has 29 heavy (non-hydrogen) atoms. The predicted octanol–water partition coefficient (Wildman–Crippen LogP) is 2.92. The average molecular weight is 416 g/mol. The molecule has 0 saturated carbocycles. The molecule has 0 aliphatic heterocycles. The van der Waals surface area contributed by atoms with Crippen LogP contribution in [0, 0.1) is 0 Å². The summed E-state index contributed by atoms with van der Waals surface area (Å²) >= 11 is 0. The Bertz CT molecular complexity index is 938. The number of carbonyl (C=O) groups is 1. The van der Waals surface area contributed by atoms with E-state index in [1.807, 2.05) is 18.2 Å². The quantitative estimate of drug-likeness (QED) is 0.553. The van der Waals surface area contributed by atoms with Crippen LogP contribution >= 0.6 is 0 Å². The van der Waals surface area contributed by atoms with E-state index in [-0.39, 0.29) is 17.3 Å². The summed E-state index contributed by atoms with van der Waals surface area (Å²) < 4.78 is 26.9. The van der Waals surface area contributed by atoms with Crippen molar-refractivity contribution in [3.63, 3.8) is 0 Å². The molecule has 2 aromatic carbocycles. The summed E-state index contributed by atoms with van der Waals surface area (Å²) in [5.74, 6) is -0.316. The normalized spacial score (nSPS) is 11.4. The van der Waals surface area contributed by atoms with Gasteiger partial charge in [-0.15, -0.1) is 6.58 Å². The Balaban J connectivity index is 2.11. The maximum absolute atomic E-state index is 12.6. The molecule has 6 nitrogen and oxygen atoms in total. The molecule has 0 radical (unpaired) electrons. The summed E-state index contributed by atoms with van der Waals surface area (Å²) in [6, 6.07) is 14.0. The zero-order valence-corrected chi connectivity index (χ0v) is 17.8. The first-order valence-corrected chi connectivity index (χ1v) is 11.2. The third-order valence-corrected chi connectivity index (χ3v) is 6.09. The first-order valence-electron chi connectivity index (χ1n) is 9.69. The standard InChI is InChI=1S/C22H29N3O3S/c1-4-14-24-29(27,28)21-13-9-12-18(15-21)22(26)23-16-19-10-7-8-11-20(19)17-25(5-2)6-3/h4,7-13,15,24H,1,5-6,14,16-17H2,2-3H3,(H,23,26). The molecular formula is C22H29N3O3S. The van der Waals surface area contributed by atoms with Crippen molar-refractivity contribution in [1.82, 2.24) is 14.9 Å². The van der Waals surface area contributed by atoms with Gasteiger partial charge < -0.3 is 5.32 Å². The Morgan fingerprint density at radius 1 is 1.07 bits per heavy atom. The SMILES string of the molecule is C=CCNS(=O)(=O)c1cccc(C(=O)NCc2ccccc2CN(CC)CC)c1. The van der Waals surface area contributed by atoms with Crippen LogP contribution in [0.4, 0.5) is 0 Å². The molecule has 0 aliphatic carbocycles. The molecule has 7 heteroatoms. The summed E-state index contributed by atoms with van der Waals surface area (Å²) in [5, 5.41) is 2.90. The van der Waals surface area contributed by atoms with Crippen molar-refractivity contribution in [2.75, 3.05) is 19.6 Å². The molecule has 0 aromatic heterocycles. The fraction of sp³-hybridized carbons (Fsp3) is 0.318. The van der Waals surface area contributed by atoms with Gasteiger partial charge in [-0.2, -0.15) is 0 Å². The first kappa shape index (κ1) is 22.8.